The van der Waals surface area contributed by atoms with Crippen molar-refractivity contribution in [2.75, 3.05) is 52.4 Å². The van der Waals surface area contributed by atoms with Gasteiger partial charge in [-0.2, -0.15) is 0 Å². The van der Waals surface area contributed by atoms with Crippen LogP contribution in [-0.4, -0.2) is 279 Å². The predicted octanol–water partition coefficient (Wildman–Crippen LogP) is -8.81. The molecule has 0 unspecified atom stereocenters. The molecule has 16 amide bonds. The largest absolute Gasteiger partial charge is 0.508 e. The molecule has 48 nitrogen and oxygen atoms in total. The van der Waals surface area contributed by atoms with Crippen LogP contribution in [0, 0.1) is 16.2 Å². The number of guanidine groups is 3. The Balaban J connectivity index is 1.22. The van der Waals surface area contributed by atoms with Gasteiger partial charge in [0.1, 0.15) is 78.3 Å². The van der Waals surface area contributed by atoms with E-state index in [9.17, 15) is 96.8 Å². The van der Waals surface area contributed by atoms with E-state index in [4.69, 9.17) is 62.1 Å². The van der Waals surface area contributed by atoms with E-state index in [1.54, 1.807) is 60.8 Å². The number of hydrogen-bond acceptors (Lipinski definition) is 24. The third-order valence-electron chi connectivity index (χ3n) is 21.1. The van der Waals surface area contributed by atoms with Gasteiger partial charge in [0.2, 0.25) is 94.5 Å². The molecule has 2 aliphatic heterocycles. The van der Waals surface area contributed by atoms with Crippen molar-refractivity contribution in [3.63, 3.8) is 0 Å². The zero-order valence-electron chi connectivity index (χ0n) is 71.2. The number of phenols is 1. The molecule has 6 rings (SSSR count). The van der Waals surface area contributed by atoms with Gasteiger partial charge in [-0.15, -0.1) is 0 Å². The number of aliphatic hydroxyl groups excluding tert-OH is 1. The molecule has 3 aromatic carbocycles. The molecule has 0 radical (unpaired) electrons. The number of aromatic hydroxyl groups is 1. The van der Waals surface area contributed by atoms with Crippen LogP contribution in [0.25, 0.3) is 10.9 Å². The number of aliphatic hydroxyl groups is 1. The lowest BCUT2D eigenvalue weighted by Crippen LogP contribution is -2.61. The number of aliphatic carboxylic acids is 1. The second kappa shape index (κ2) is 52.6. The number of nitrogens with two attached hydrogens (primary N) is 8. The smallest absolute Gasteiger partial charge is 0.326 e. The number of primary amides is 3. The molecule has 2 aliphatic rings. The molecule has 129 heavy (non-hydrogen) atoms. The number of nitrogens with zero attached hydrogens (tertiary/aromatic N) is 2. The second-order valence-corrected chi connectivity index (χ2v) is 31.1. The summed E-state index contributed by atoms with van der Waals surface area (Å²) >= 11 is 0. The number of aromatic nitrogens is 1. The molecule has 48 heteroatoms. The number of nitrogens with one attached hydrogen (secondary N) is 18. The highest BCUT2D eigenvalue weighted by atomic mass is 16.4. The first kappa shape index (κ1) is 103. The summed E-state index contributed by atoms with van der Waals surface area (Å²) in [5.41, 5.74) is 46.6. The normalized spacial score (nSPS) is 15.9. The summed E-state index contributed by atoms with van der Waals surface area (Å²) in [5.74, 6) is -19.2. The minimum atomic E-state index is -2.05. The van der Waals surface area contributed by atoms with E-state index < -0.39 is 242 Å². The van der Waals surface area contributed by atoms with Gasteiger partial charge in [0, 0.05) is 75.5 Å². The van der Waals surface area contributed by atoms with Gasteiger partial charge in [-0.25, -0.2) is 4.79 Å². The Hall–Kier alpha value is -14.3. The summed E-state index contributed by atoms with van der Waals surface area (Å²) in [6.07, 6.45) is -1.10. The second-order valence-electron chi connectivity index (χ2n) is 31.1. The maximum atomic E-state index is 14.9. The van der Waals surface area contributed by atoms with Crippen LogP contribution in [-0.2, 0) is 101 Å². The number of benzene rings is 3. The van der Waals surface area contributed by atoms with Gasteiger partial charge in [0.05, 0.1) is 32.0 Å². The fraction of sp³-hybridized carbons (Fsp3) is 0.506. The SMILES string of the molecule is N=C(N)NCCC[C@H](NC(=O)CNC(=O)[C@H](Cc1c[nH]c2ccccc12)NC(=O)[C@@H]1CCCN1C(=O)[C@@H]1CCCN1C(=O)[C@@H](N)CC(N)=O)C(=O)N[C@@H](CO)C(=O)N[C@@H](CCCNC(=N)N)C(=O)N[C@@H](Cc1ccc(O)cc1)C(=O)N[C@@H](CC(N)=O)C(=O)N[C@@H](CCC(N)=O)C(=O)N[C@@H](CCCNC(=N)N)C(=O)N[C@@H](Cc1ccccc1)C(=O)N[C@@H](CCCCN)C(=O)O. The van der Waals surface area contributed by atoms with Crippen molar-refractivity contribution in [2.24, 2.45) is 45.9 Å². The molecule has 0 bridgehead atoms. The number of likely N-dealkylation sites (tertiary alicyclic amines) is 2. The standard InChI is InChI=1S/C81H120N28O20/c82-29-7-6-17-54(78(128)129)102-71(121)55(35-43-13-2-1-3-14-43)103-68(118)51(19-9-31-94-80(89)90)99-70(120)53(27-28-62(84)112)101-73(123)58(39-64(86)114)105-72(122)56(36-44-23-25-46(111)26-24-44)104-69(119)52(20-10-32-95-81(91)92)100-74(124)59(42-110)107-67(117)50(18-8-30-93-79(87)88)98-65(115)41-97-66(116)57(37-45-40-96-49-16-5-4-15-47(45)49)106-75(125)60-21-11-33-108(60)77(127)61-22-12-34-109(61)76(126)48(83)38-63(85)113/h1-5,13-16,23-26,40,48,50-61,96,110-111H,6-12,17-22,27-39,41-42,82-83H2,(H2,84,112)(H2,85,113)(H2,86,114)(H,97,116)(H,98,115)(H,99,120)(H,100,124)(H,101,123)(H,102,121)(H,103,118)(H,104,119)(H,105,122)(H,106,125)(H,107,117)(H,128,129)(H4,87,88,93)(H4,89,90,94)(H4,91,92,95)/t48-,50-,51-,52-,53-,54-,55-,56-,57-,58-,59-,60-,61-/m0/s1. The van der Waals surface area contributed by atoms with E-state index in [1.165, 1.54) is 34.1 Å². The number of fused-ring (bicyclic) bond motifs is 1. The molecule has 2 saturated heterocycles. The Kier molecular flexibility index (Phi) is 42.2. The van der Waals surface area contributed by atoms with Gasteiger partial charge in [-0.1, -0.05) is 60.7 Å². The molecule has 2 fully saturated rings. The van der Waals surface area contributed by atoms with E-state index in [-0.39, 0.29) is 121 Å². The van der Waals surface area contributed by atoms with Crippen molar-refractivity contribution >= 4 is 129 Å². The number of phenolic OH excluding ortho intramolecular Hbond substituents is 1. The Morgan fingerprint density at radius 3 is 1.39 bits per heavy atom. The summed E-state index contributed by atoms with van der Waals surface area (Å²) in [6.45, 7) is -1.76. The van der Waals surface area contributed by atoms with E-state index in [2.05, 4.69) is 79.4 Å². The summed E-state index contributed by atoms with van der Waals surface area (Å²) in [4.78, 5) is 242. The lowest BCUT2D eigenvalue weighted by Gasteiger charge is -2.32. The maximum Gasteiger partial charge on any atom is 0.326 e. The van der Waals surface area contributed by atoms with Crippen molar-refractivity contribution in [2.45, 2.75) is 207 Å². The first-order chi connectivity index (χ1) is 61.4. The van der Waals surface area contributed by atoms with Crippen molar-refractivity contribution in [3.05, 3.63) is 102 Å². The minimum Gasteiger partial charge on any atom is -0.508 e. The van der Waals surface area contributed by atoms with Crippen LogP contribution in [0.3, 0.4) is 0 Å². The number of carbonyl (C=O) groups is 17. The van der Waals surface area contributed by atoms with E-state index in [0.717, 1.165) is 0 Å². The van der Waals surface area contributed by atoms with Crippen molar-refractivity contribution < 1.29 is 96.8 Å². The topological polar surface area (TPSA) is 821 Å². The molecular weight excluding hydrogens is 1690 g/mol. The van der Waals surface area contributed by atoms with Crippen molar-refractivity contribution in [1.82, 2.24) is 89.2 Å². The van der Waals surface area contributed by atoms with Crippen LogP contribution < -0.4 is 120 Å². The summed E-state index contributed by atoms with van der Waals surface area (Å²) in [6, 6.07) is -0.0671. The third kappa shape index (κ3) is 34.9. The minimum absolute atomic E-state index is 0.00997. The fourth-order valence-corrected chi connectivity index (χ4v) is 14.5. The predicted molar refractivity (Wildman–Crippen MR) is 465 cm³/mol. The molecule has 704 valence electrons. The fourth-order valence-electron chi connectivity index (χ4n) is 14.5. The van der Waals surface area contributed by atoms with Gasteiger partial charge >= 0.3 is 5.97 Å². The number of carboxylic acid groups (broad SMARTS) is 1. The Bertz CT molecular complexity index is 4620. The van der Waals surface area contributed by atoms with Crippen LogP contribution >= 0.6 is 0 Å². The maximum absolute atomic E-state index is 14.9. The lowest BCUT2D eigenvalue weighted by molar-refractivity contribution is -0.147. The van der Waals surface area contributed by atoms with Crippen LogP contribution in [0.1, 0.15) is 126 Å². The van der Waals surface area contributed by atoms with Crippen molar-refractivity contribution in [3.8, 4) is 5.75 Å². The average molecular weight is 1810 g/mol. The van der Waals surface area contributed by atoms with Crippen LogP contribution in [0.4, 0.5) is 0 Å². The zero-order chi connectivity index (χ0) is 95.0. The summed E-state index contributed by atoms with van der Waals surface area (Å²) in [5, 5.41) is 89.6. The first-order valence-electron chi connectivity index (χ1n) is 42.0. The molecule has 13 atom stereocenters. The number of carbonyl (C=O) groups excluding carboxylic acids is 16. The molecule has 0 saturated carbocycles. The molecule has 4 aromatic rings. The van der Waals surface area contributed by atoms with Crippen LogP contribution in [0.2, 0.25) is 0 Å². The lowest BCUT2D eigenvalue weighted by atomic mass is 10.0. The van der Waals surface area contributed by atoms with Gasteiger partial charge < -0.3 is 150 Å². The summed E-state index contributed by atoms with van der Waals surface area (Å²) < 4.78 is 0. The highest BCUT2D eigenvalue weighted by molar-refractivity contribution is 6.02. The average Bonchev–Trinajstić information content (AvgIpc) is 1.65. The quantitative estimate of drug-likeness (QED) is 0.0111. The number of para-hydroxylation sites is 1. The summed E-state index contributed by atoms with van der Waals surface area (Å²) in [7, 11) is 0. The highest BCUT2D eigenvalue weighted by Gasteiger charge is 2.45. The molecule has 37 N–H and O–H groups in total. The molecule has 3 heterocycles. The monoisotopic (exact) mass is 1800 g/mol. The number of rotatable bonds is 55. The third-order valence-corrected chi connectivity index (χ3v) is 21.1. The van der Waals surface area contributed by atoms with Crippen LogP contribution in [0.15, 0.2) is 85.1 Å². The van der Waals surface area contributed by atoms with E-state index >= 15 is 0 Å². The highest BCUT2D eigenvalue weighted by Crippen LogP contribution is 2.27. The van der Waals surface area contributed by atoms with Gasteiger partial charge in [-0.05, 0) is 131 Å². The van der Waals surface area contributed by atoms with Crippen LogP contribution in [0.5, 0.6) is 5.75 Å². The molecular formula is C81H120N28O20. The Labute approximate surface area is 741 Å². The number of H-pyrrole nitrogens is 1. The first-order valence-corrected chi connectivity index (χ1v) is 42.0. The number of unbranched alkanes of at least 4 members (excludes halogenated alkanes) is 1. The number of aromatic amines is 1. The number of hydrogen-bond donors (Lipinski definition) is 29. The van der Waals surface area contributed by atoms with Gasteiger partial charge in [0.25, 0.3) is 0 Å². The van der Waals surface area contributed by atoms with E-state index in [0.29, 0.717) is 47.7 Å². The molecule has 1 aromatic heterocycles. The molecule has 0 aliphatic carbocycles. The van der Waals surface area contributed by atoms with E-state index in [1.807, 2.05) is 0 Å². The molecule has 0 spiro atoms. The van der Waals surface area contributed by atoms with Crippen molar-refractivity contribution in [1.29, 1.82) is 16.2 Å². The zero-order valence-corrected chi connectivity index (χ0v) is 71.2. The Morgan fingerprint density at radius 1 is 0.442 bits per heavy atom. The number of amides is 16. The Morgan fingerprint density at radius 2 is 0.876 bits per heavy atom. The number of carboxylic acids is 1. The van der Waals surface area contributed by atoms with Gasteiger partial charge in [0.15, 0.2) is 17.9 Å². The van der Waals surface area contributed by atoms with Gasteiger partial charge in [-0.3, -0.25) is 92.9 Å².